The number of nitrogens with one attached hydrogen (secondary N) is 2. The summed E-state index contributed by atoms with van der Waals surface area (Å²) in [5.41, 5.74) is 5.95. The molecule has 8 nitrogen and oxygen atoms in total. The Kier molecular flexibility index (Phi) is 4.45. The molecule has 0 heterocycles. The van der Waals surface area contributed by atoms with Gasteiger partial charge in [0.25, 0.3) is 5.69 Å². The SMILES string of the molecule is CNS(=O)(=O)c1ccc(NC2CCCC2N)c([N+](=O)[O-])c1. The lowest BCUT2D eigenvalue weighted by Crippen LogP contribution is -2.35. The number of rotatable bonds is 5. The quantitative estimate of drug-likeness (QED) is 0.545. The minimum Gasteiger partial charge on any atom is -0.375 e. The lowest BCUT2D eigenvalue weighted by Gasteiger charge is -2.18. The average molecular weight is 314 g/mol. The number of nitro groups is 1. The van der Waals surface area contributed by atoms with E-state index in [0.717, 1.165) is 25.3 Å². The summed E-state index contributed by atoms with van der Waals surface area (Å²) in [4.78, 5) is 10.4. The third-order valence-electron chi connectivity index (χ3n) is 3.66. The number of hydrogen-bond donors (Lipinski definition) is 3. The highest BCUT2D eigenvalue weighted by Crippen LogP contribution is 2.30. The van der Waals surface area contributed by atoms with E-state index >= 15 is 0 Å². The first-order valence-electron chi connectivity index (χ1n) is 6.59. The molecular formula is C12H18N4O4S. The zero-order valence-corrected chi connectivity index (χ0v) is 12.4. The first-order chi connectivity index (χ1) is 9.85. The van der Waals surface area contributed by atoms with Gasteiger partial charge in [0.2, 0.25) is 10.0 Å². The molecule has 0 amide bonds. The summed E-state index contributed by atoms with van der Waals surface area (Å²) in [6.07, 6.45) is 2.69. The molecule has 1 fully saturated rings. The van der Waals surface area contributed by atoms with E-state index < -0.39 is 14.9 Å². The van der Waals surface area contributed by atoms with Gasteiger partial charge in [-0.05, 0) is 38.4 Å². The van der Waals surface area contributed by atoms with Crippen LogP contribution in [0.5, 0.6) is 0 Å². The molecule has 1 aliphatic carbocycles. The summed E-state index contributed by atoms with van der Waals surface area (Å²) in [5.74, 6) is 0. The molecule has 2 atom stereocenters. The molecule has 2 unspecified atom stereocenters. The number of anilines is 1. The van der Waals surface area contributed by atoms with Crippen molar-refractivity contribution in [2.45, 2.75) is 36.2 Å². The zero-order chi connectivity index (χ0) is 15.6. The third kappa shape index (κ3) is 3.31. The highest BCUT2D eigenvalue weighted by atomic mass is 32.2. The summed E-state index contributed by atoms with van der Waals surface area (Å²) in [5, 5.41) is 14.2. The molecule has 1 saturated carbocycles. The van der Waals surface area contributed by atoms with Crippen LogP contribution >= 0.6 is 0 Å². The fourth-order valence-corrected chi connectivity index (χ4v) is 3.19. The Morgan fingerprint density at radius 1 is 1.38 bits per heavy atom. The van der Waals surface area contributed by atoms with E-state index in [0.29, 0.717) is 0 Å². The minimum absolute atomic E-state index is 0.0320. The summed E-state index contributed by atoms with van der Waals surface area (Å²) in [6, 6.07) is 3.71. The normalized spacial score (nSPS) is 22.2. The fourth-order valence-electron chi connectivity index (χ4n) is 2.44. The number of nitrogens with two attached hydrogens (primary N) is 1. The van der Waals surface area contributed by atoms with Crippen LogP contribution in [0.2, 0.25) is 0 Å². The molecule has 1 aliphatic rings. The molecule has 9 heteroatoms. The summed E-state index contributed by atoms with van der Waals surface area (Å²) < 4.78 is 25.6. The van der Waals surface area contributed by atoms with Crippen molar-refractivity contribution in [1.29, 1.82) is 0 Å². The lowest BCUT2D eigenvalue weighted by atomic mass is 10.1. The van der Waals surface area contributed by atoms with E-state index in [9.17, 15) is 18.5 Å². The van der Waals surface area contributed by atoms with Gasteiger partial charge in [-0.3, -0.25) is 10.1 Å². The number of hydrogen-bond acceptors (Lipinski definition) is 6. The van der Waals surface area contributed by atoms with Crippen LogP contribution in [0.15, 0.2) is 23.1 Å². The molecule has 0 spiro atoms. The Morgan fingerprint density at radius 3 is 2.62 bits per heavy atom. The Morgan fingerprint density at radius 2 is 2.10 bits per heavy atom. The monoisotopic (exact) mass is 314 g/mol. The van der Waals surface area contributed by atoms with Crippen LogP contribution < -0.4 is 15.8 Å². The smallest absolute Gasteiger partial charge is 0.293 e. The highest BCUT2D eigenvalue weighted by molar-refractivity contribution is 7.89. The van der Waals surface area contributed by atoms with E-state index in [-0.39, 0.29) is 28.4 Å². The first kappa shape index (κ1) is 15.7. The van der Waals surface area contributed by atoms with E-state index in [1.54, 1.807) is 0 Å². The van der Waals surface area contributed by atoms with Gasteiger partial charge >= 0.3 is 0 Å². The summed E-state index contributed by atoms with van der Waals surface area (Å²) >= 11 is 0. The largest absolute Gasteiger partial charge is 0.375 e. The standard InChI is InChI=1S/C12H18N4O4S/c1-14-21(19,20)8-5-6-11(12(7-8)16(17)18)15-10-4-2-3-9(10)13/h5-7,9-10,14-15H,2-4,13H2,1H3. The predicted octanol–water partition coefficient (Wildman–Crippen LogP) is 0.795. The predicted molar refractivity (Wildman–Crippen MR) is 78.6 cm³/mol. The van der Waals surface area contributed by atoms with Crippen LogP contribution in [0, 0.1) is 10.1 Å². The van der Waals surface area contributed by atoms with Crippen LogP contribution in [-0.4, -0.2) is 32.5 Å². The van der Waals surface area contributed by atoms with Crippen molar-refractivity contribution in [3.63, 3.8) is 0 Å². The summed E-state index contributed by atoms with van der Waals surface area (Å²) in [7, 11) is -2.46. The van der Waals surface area contributed by atoms with Crippen LogP contribution in [0.4, 0.5) is 11.4 Å². The molecule has 116 valence electrons. The van der Waals surface area contributed by atoms with Crippen molar-refractivity contribution < 1.29 is 13.3 Å². The number of sulfonamides is 1. The molecule has 0 bridgehead atoms. The first-order valence-corrected chi connectivity index (χ1v) is 8.07. The maximum Gasteiger partial charge on any atom is 0.293 e. The number of benzene rings is 1. The van der Waals surface area contributed by atoms with E-state index in [2.05, 4.69) is 10.0 Å². The van der Waals surface area contributed by atoms with Gasteiger partial charge in [-0.25, -0.2) is 13.1 Å². The topological polar surface area (TPSA) is 127 Å². The maximum atomic E-state index is 11.7. The summed E-state index contributed by atoms with van der Waals surface area (Å²) in [6.45, 7) is 0. The number of nitrogens with zero attached hydrogens (tertiary/aromatic N) is 1. The minimum atomic E-state index is -3.72. The maximum absolute atomic E-state index is 11.7. The second-order valence-electron chi connectivity index (χ2n) is 4.99. The fraction of sp³-hybridized carbons (Fsp3) is 0.500. The van der Waals surface area contributed by atoms with Crippen LogP contribution in [-0.2, 0) is 10.0 Å². The zero-order valence-electron chi connectivity index (χ0n) is 11.6. The van der Waals surface area contributed by atoms with E-state index in [1.807, 2.05) is 0 Å². The second-order valence-corrected chi connectivity index (χ2v) is 6.88. The molecule has 21 heavy (non-hydrogen) atoms. The lowest BCUT2D eigenvalue weighted by molar-refractivity contribution is -0.384. The van der Waals surface area contributed by atoms with Gasteiger partial charge in [-0.2, -0.15) is 0 Å². The van der Waals surface area contributed by atoms with Crippen molar-refractivity contribution >= 4 is 21.4 Å². The van der Waals surface area contributed by atoms with Gasteiger partial charge in [0.15, 0.2) is 0 Å². The Bertz CT molecular complexity index is 647. The van der Waals surface area contributed by atoms with Gasteiger partial charge < -0.3 is 11.1 Å². The molecule has 0 aromatic heterocycles. The molecule has 2 rings (SSSR count). The Labute approximate surface area is 122 Å². The van der Waals surface area contributed by atoms with Gasteiger partial charge in [-0.1, -0.05) is 0 Å². The van der Waals surface area contributed by atoms with Gasteiger partial charge in [0, 0.05) is 18.2 Å². The Hall–Kier alpha value is -1.71. The molecule has 0 radical (unpaired) electrons. The van der Waals surface area contributed by atoms with Crippen LogP contribution in [0.25, 0.3) is 0 Å². The van der Waals surface area contributed by atoms with Gasteiger partial charge in [0.1, 0.15) is 5.69 Å². The molecule has 4 N–H and O–H groups in total. The average Bonchev–Trinajstić information content (AvgIpc) is 2.84. The van der Waals surface area contributed by atoms with Crippen molar-refractivity contribution in [3.8, 4) is 0 Å². The highest BCUT2D eigenvalue weighted by Gasteiger charge is 2.27. The van der Waals surface area contributed by atoms with Crippen molar-refractivity contribution in [1.82, 2.24) is 4.72 Å². The second kappa shape index (κ2) is 5.96. The van der Waals surface area contributed by atoms with Gasteiger partial charge in [0.05, 0.1) is 9.82 Å². The van der Waals surface area contributed by atoms with E-state index in [4.69, 9.17) is 5.73 Å². The van der Waals surface area contributed by atoms with Gasteiger partial charge in [-0.15, -0.1) is 0 Å². The van der Waals surface area contributed by atoms with Crippen molar-refractivity contribution in [2.24, 2.45) is 5.73 Å². The number of nitro benzene ring substituents is 1. The van der Waals surface area contributed by atoms with Crippen molar-refractivity contribution in [3.05, 3.63) is 28.3 Å². The van der Waals surface area contributed by atoms with Crippen LogP contribution in [0.3, 0.4) is 0 Å². The molecule has 1 aromatic rings. The third-order valence-corrected chi connectivity index (χ3v) is 5.07. The Balaban J connectivity index is 2.36. The van der Waals surface area contributed by atoms with Crippen LogP contribution in [0.1, 0.15) is 19.3 Å². The molecule has 0 aliphatic heterocycles. The molecule has 0 saturated heterocycles. The van der Waals surface area contributed by atoms with Crippen molar-refractivity contribution in [2.75, 3.05) is 12.4 Å². The van der Waals surface area contributed by atoms with E-state index in [1.165, 1.54) is 19.2 Å². The molecular weight excluding hydrogens is 296 g/mol. The molecule has 1 aromatic carbocycles.